The van der Waals surface area contributed by atoms with Crippen molar-refractivity contribution in [2.45, 2.75) is 0 Å². The first kappa shape index (κ1) is 10.6. The van der Waals surface area contributed by atoms with E-state index < -0.39 is 5.91 Å². The van der Waals surface area contributed by atoms with Gasteiger partial charge in [0.1, 0.15) is 11.4 Å². The van der Waals surface area contributed by atoms with E-state index in [1.54, 1.807) is 19.2 Å². The summed E-state index contributed by atoms with van der Waals surface area (Å²) < 4.78 is 13.0. The number of aromatic nitrogens is 2. The third-order valence-electron chi connectivity index (χ3n) is 2.09. The molecule has 0 radical (unpaired) electrons. The SMILES string of the molecule is COc1ccc(-c2nsnc2C(N)=O)cc1. The number of nitrogens with zero attached hydrogens (tertiary/aromatic N) is 2. The molecule has 1 amide bonds. The maximum Gasteiger partial charge on any atom is 0.270 e. The van der Waals surface area contributed by atoms with E-state index in [1.165, 1.54) is 0 Å². The lowest BCUT2D eigenvalue weighted by atomic mass is 10.1. The van der Waals surface area contributed by atoms with E-state index in [2.05, 4.69) is 8.75 Å². The Kier molecular flexibility index (Phi) is 2.82. The number of rotatable bonds is 3. The van der Waals surface area contributed by atoms with Crippen LogP contribution >= 0.6 is 11.7 Å². The predicted octanol–water partition coefficient (Wildman–Crippen LogP) is 1.31. The number of methoxy groups -OCH3 is 1. The second-order valence-corrected chi connectivity index (χ2v) is 3.58. The average molecular weight is 235 g/mol. The predicted molar refractivity (Wildman–Crippen MR) is 60.4 cm³/mol. The topological polar surface area (TPSA) is 78.1 Å². The number of nitrogens with two attached hydrogens (primary N) is 1. The zero-order chi connectivity index (χ0) is 11.5. The molecule has 0 unspecified atom stereocenters. The van der Waals surface area contributed by atoms with Crippen LogP contribution in [0.1, 0.15) is 10.5 Å². The molecule has 1 aromatic carbocycles. The highest BCUT2D eigenvalue weighted by molar-refractivity contribution is 6.99. The quantitative estimate of drug-likeness (QED) is 0.870. The fourth-order valence-corrected chi connectivity index (χ4v) is 1.86. The van der Waals surface area contributed by atoms with Crippen molar-refractivity contribution in [3.05, 3.63) is 30.0 Å². The Labute approximate surface area is 96.2 Å². The van der Waals surface area contributed by atoms with E-state index in [0.29, 0.717) is 5.69 Å². The standard InChI is InChI=1S/C10H9N3O2S/c1-15-7-4-2-6(3-5-7)8-9(10(11)14)13-16-12-8/h2-5H,1H3,(H2,11,14). The van der Waals surface area contributed by atoms with Gasteiger partial charge in [0.15, 0.2) is 5.69 Å². The van der Waals surface area contributed by atoms with Crippen LogP contribution < -0.4 is 10.5 Å². The van der Waals surface area contributed by atoms with Crippen LogP contribution in [-0.2, 0) is 0 Å². The van der Waals surface area contributed by atoms with Crippen molar-refractivity contribution in [3.63, 3.8) is 0 Å². The van der Waals surface area contributed by atoms with Gasteiger partial charge in [0.2, 0.25) is 0 Å². The van der Waals surface area contributed by atoms with Crippen LogP contribution in [0.15, 0.2) is 24.3 Å². The van der Waals surface area contributed by atoms with E-state index in [0.717, 1.165) is 23.0 Å². The molecule has 1 heterocycles. The van der Waals surface area contributed by atoms with Crippen molar-refractivity contribution in [1.29, 1.82) is 0 Å². The summed E-state index contributed by atoms with van der Waals surface area (Å²) in [5.41, 5.74) is 6.71. The van der Waals surface area contributed by atoms with E-state index in [-0.39, 0.29) is 5.69 Å². The fourth-order valence-electron chi connectivity index (χ4n) is 1.29. The highest BCUT2D eigenvalue weighted by Gasteiger charge is 2.14. The zero-order valence-corrected chi connectivity index (χ0v) is 9.32. The Balaban J connectivity index is 2.42. The van der Waals surface area contributed by atoms with Crippen LogP contribution in [0.4, 0.5) is 0 Å². The van der Waals surface area contributed by atoms with Crippen LogP contribution in [0.3, 0.4) is 0 Å². The van der Waals surface area contributed by atoms with Crippen molar-refractivity contribution >= 4 is 17.6 Å². The normalized spacial score (nSPS) is 10.1. The van der Waals surface area contributed by atoms with Gasteiger partial charge in [-0.3, -0.25) is 4.79 Å². The number of carbonyl (C=O) groups is 1. The van der Waals surface area contributed by atoms with Crippen LogP contribution in [0, 0.1) is 0 Å². The zero-order valence-electron chi connectivity index (χ0n) is 8.51. The highest BCUT2D eigenvalue weighted by Crippen LogP contribution is 2.23. The minimum Gasteiger partial charge on any atom is -0.497 e. The number of ether oxygens (including phenoxy) is 1. The Morgan fingerprint density at radius 2 is 2.00 bits per heavy atom. The smallest absolute Gasteiger partial charge is 0.270 e. The molecule has 0 saturated heterocycles. The summed E-state index contributed by atoms with van der Waals surface area (Å²) in [4.78, 5) is 11.1. The minimum absolute atomic E-state index is 0.204. The summed E-state index contributed by atoms with van der Waals surface area (Å²) in [6.07, 6.45) is 0. The van der Waals surface area contributed by atoms with Gasteiger partial charge >= 0.3 is 0 Å². The molecule has 82 valence electrons. The summed E-state index contributed by atoms with van der Waals surface area (Å²) >= 11 is 0.967. The van der Waals surface area contributed by atoms with Gasteiger partial charge in [0.05, 0.1) is 18.8 Å². The summed E-state index contributed by atoms with van der Waals surface area (Å²) in [6.45, 7) is 0. The van der Waals surface area contributed by atoms with Gasteiger partial charge in [-0.05, 0) is 24.3 Å². The van der Waals surface area contributed by atoms with E-state index in [9.17, 15) is 4.79 Å². The molecule has 2 aromatic rings. The molecular weight excluding hydrogens is 226 g/mol. The van der Waals surface area contributed by atoms with Gasteiger partial charge in [0.25, 0.3) is 5.91 Å². The second-order valence-electron chi connectivity index (χ2n) is 3.05. The molecule has 1 aromatic heterocycles. The number of hydrogen-bond donors (Lipinski definition) is 1. The second kappa shape index (κ2) is 4.28. The molecule has 0 bridgehead atoms. The van der Waals surface area contributed by atoms with Gasteiger partial charge < -0.3 is 10.5 Å². The Morgan fingerprint density at radius 1 is 1.31 bits per heavy atom. The van der Waals surface area contributed by atoms with Gasteiger partial charge in [0, 0.05) is 5.56 Å². The van der Waals surface area contributed by atoms with Crippen molar-refractivity contribution in [2.75, 3.05) is 7.11 Å². The van der Waals surface area contributed by atoms with E-state index in [4.69, 9.17) is 10.5 Å². The first-order chi connectivity index (χ1) is 7.72. The van der Waals surface area contributed by atoms with Crippen molar-refractivity contribution in [3.8, 4) is 17.0 Å². The molecule has 0 fully saturated rings. The van der Waals surface area contributed by atoms with Gasteiger partial charge in [-0.25, -0.2) is 0 Å². The number of benzene rings is 1. The Hall–Kier alpha value is -1.95. The van der Waals surface area contributed by atoms with Crippen LogP contribution in [0.25, 0.3) is 11.3 Å². The number of carbonyl (C=O) groups excluding carboxylic acids is 1. The average Bonchev–Trinajstić information content (AvgIpc) is 2.78. The van der Waals surface area contributed by atoms with Crippen LogP contribution in [0.5, 0.6) is 5.75 Å². The number of amides is 1. The highest BCUT2D eigenvalue weighted by atomic mass is 32.1. The molecule has 6 heteroatoms. The Morgan fingerprint density at radius 3 is 2.56 bits per heavy atom. The van der Waals surface area contributed by atoms with E-state index >= 15 is 0 Å². The molecule has 0 saturated carbocycles. The first-order valence-electron chi connectivity index (χ1n) is 4.49. The van der Waals surface area contributed by atoms with Crippen molar-refractivity contribution in [1.82, 2.24) is 8.75 Å². The van der Waals surface area contributed by atoms with Gasteiger partial charge in [-0.1, -0.05) is 0 Å². The first-order valence-corrected chi connectivity index (χ1v) is 5.22. The molecule has 2 N–H and O–H groups in total. The molecular formula is C10H9N3O2S. The lowest BCUT2D eigenvalue weighted by Crippen LogP contribution is -2.12. The molecule has 0 spiro atoms. The molecule has 2 rings (SSSR count). The van der Waals surface area contributed by atoms with E-state index in [1.807, 2.05) is 12.1 Å². The van der Waals surface area contributed by atoms with Gasteiger partial charge in [-0.2, -0.15) is 8.75 Å². The van der Waals surface area contributed by atoms with Gasteiger partial charge in [-0.15, -0.1) is 0 Å². The lowest BCUT2D eigenvalue weighted by Gasteiger charge is -2.01. The monoisotopic (exact) mass is 235 g/mol. The van der Waals surface area contributed by atoms with Crippen LogP contribution in [-0.4, -0.2) is 21.8 Å². The fraction of sp³-hybridized carbons (Fsp3) is 0.100. The molecule has 0 aliphatic rings. The number of hydrogen-bond acceptors (Lipinski definition) is 5. The summed E-state index contributed by atoms with van der Waals surface area (Å²) in [5.74, 6) is 0.173. The van der Waals surface area contributed by atoms with Crippen LogP contribution in [0.2, 0.25) is 0 Å². The summed E-state index contributed by atoms with van der Waals surface area (Å²) in [7, 11) is 1.59. The minimum atomic E-state index is -0.570. The lowest BCUT2D eigenvalue weighted by molar-refractivity contribution is 0.0997. The maximum absolute atomic E-state index is 11.1. The maximum atomic E-state index is 11.1. The molecule has 16 heavy (non-hydrogen) atoms. The third-order valence-corrected chi connectivity index (χ3v) is 2.61. The number of primary amides is 1. The van der Waals surface area contributed by atoms with Crippen molar-refractivity contribution in [2.24, 2.45) is 5.73 Å². The van der Waals surface area contributed by atoms with Crippen molar-refractivity contribution < 1.29 is 9.53 Å². The molecule has 0 aliphatic heterocycles. The molecule has 5 nitrogen and oxygen atoms in total. The largest absolute Gasteiger partial charge is 0.497 e. The molecule has 0 atom stereocenters. The Bertz CT molecular complexity index is 507. The summed E-state index contributed by atoms with van der Waals surface area (Å²) in [5, 5.41) is 0. The molecule has 0 aliphatic carbocycles. The third kappa shape index (κ3) is 1.87. The summed E-state index contributed by atoms with van der Waals surface area (Å²) in [6, 6.07) is 7.20.